The van der Waals surface area contributed by atoms with Crippen LogP contribution in [-0.4, -0.2) is 29.7 Å². The zero-order valence-corrected chi connectivity index (χ0v) is 9.40. The smallest absolute Gasteiger partial charge is 0.290 e. The van der Waals surface area contributed by atoms with Crippen LogP contribution in [0.25, 0.3) is 0 Å². The second-order valence-electron chi connectivity index (χ2n) is 3.18. The van der Waals surface area contributed by atoms with Crippen molar-refractivity contribution in [2.45, 2.75) is 13.8 Å². The Bertz CT molecular complexity index is 368. The molecule has 0 saturated heterocycles. The molecule has 0 atom stereocenters. The lowest BCUT2D eigenvalue weighted by atomic mass is 10.3. The van der Waals surface area contributed by atoms with Gasteiger partial charge in [0, 0.05) is 19.2 Å². The van der Waals surface area contributed by atoms with Crippen LogP contribution in [-0.2, 0) is 4.74 Å². The number of nitrogens with one attached hydrogen (secondary N) is 1. The number of hydrogen-bond acceptors (Lipinski definition) is 5. The van der Waals surface area contributed by atoms with Gasteiger partial charge in [-0.2, -0.15) is 0 Å². The minimum Gasteiger partial charge on any atom is -0.380 e. The maximum atomic E-state index is 10.6. The summed E-state index contributed by atoms with van der Waals surface area (Å²) in [5, 5.41) is 13.6. The Morgan fingerprint density at radius 1 is 1.56 bits per heavy atom. The SMILES string of the molecule is CCOCCNc1ccc([N+](=O)[O-])c(C)n1. The second kappa shape index (κ2) is 6.02. The van der Waals surface area contributed by atoms with Crippen LogP contribution in [0.1, 0.15) is 12.6 Å². The zero-order valence-electron chi connectivity index (χ0n) is 9.40. The minimum absolute atomic E-state index is 0.0374. The summed E-state index contributed by atoms with van der Waals surface area (Å²) in [5.74, 6) is 0.628. The molecule has 0 bridgehead atoms. The summed E-state index contributed by atoms with van der Waals surface area (Å²) < 4.78 is 5.15. The van der Waals surface area contributed by atoms with Crippen LogP contribution < -0.4 is 5.32 Å². The highest BCUT2D eigenvalue weighted by Crippen LogP contribution is 2.17. The lowest BCUT2D eigenvalue weighted by molar-refractivity contribution is -0.385. The highest BCUT2D eigenvalue weighted by Gasteiger charge is 2.11. The molecule has 0 amide bonds. The minimum atomic E-state index is -0.438. The molecule has 0 aliphatic heterocycles. The molecular weight excluding hydrogens is 210 g/mol. The van der Waals surface area contributed by atoms with Gasteiger partial charge in [0.25, 0.3) is 5.69 Å². The number of ether oxygens (including phenoxy) is 1. The third-order valence-electron chi connectivity index (χ3n) is 2.01. The van der Waals surface area contributed by atoms with E-state index in [0.717, 1.165) is 0 Å². The van der Waals surface area contributed by atoms with Gasteiger partial charge in [-0.3, -0.25) is 10.1 Å². The van der Waals surface area contributed by atoms with Crippen LogP contribution in [0.15, 0.2) is 12.1 Å². The zero-order chi connectivity index (χ0) is 12.0. The fourth-order valence-corrected chi connectivity index (χ4v) is 1.24. The van der Waals surface area contributed by atoms with E-state index < -0.39 is 4.92 Å². The van der Waals surface area contributed by atoms with Crippen LogP contribution in [0.3, 0.4) is 0 Å². The van der Waals surface area contributed by atoms with E-state index in [1.165, 1.54) is 6.07 Å². The summed E-state index contributed by atoms with van der Waals surface area (Å²) in [7, 11) is 0. The van der Waals surface area contributed by atoms with Gasteiger partial charge in [-0.05, 0) is 19.9 Å². The molecule has 0 aromatic carbocycles. The number of pyridine rings is 1. The van der Waals surface area contributed by atoms with Gasteiger partial charge in [-0.25, -0.2) is 4.98 Å². The number of aryl methyl sites for hydroxylation is 1. The first-order valence-corrected chi connectivity index (χ1v) is 5.08. The first-order valence-electron chi connectivity index (χ1n) is 5.08. The maximum absolute atomic E-state index is 10.6. The fourth-order valence-electron chi connectivity index (χ4n) is 1.24. The molecule has 1 N–H and O–H groups in total. The standard InChI is InChI=1S/C10H15N3O3/c1-3-16-7-6-11-10-5-4-9(13(14)15)8(2)12-10/h4-5H,3,6-7H2,1-2H3,(H,11,12). The predicted octanol–water partition coefficient (Wildman–Crippen LogP) is 1.75. The molecule has 0 saturated carbocycles. The molecule has 16 heavy (non-hydrogen) atoms. The summed E-state index contributed by atoms with van der Waals surface area (Å²) in [5.41, 5.74) is 0.446. The Balaban J connectivity index is 2.56. The second-order valence-corrected chi connectivity index (χ2v) is 3.18. The van der Waals surface area contributed by atoms with Gasteiger partial charge in [-0.15, -0.1) is 0 Å². The highest BCUT2D eigenvalue weighted by molar-refractivity contribution is 5.44. The summed E-state index contributed by atoms with van der Waals surface area (Å²) in [6, 6.07) is 3.04. The summed E-state index contributed by atoms with van der Waals surface area (Å²) in [6.07, 6.45) is 0. The topological polar surface area (TPSA) is 77.3 Å². The molecule has 0 aliphatic carbocycles. The summed E-state index contributed by atoms with van der Waals surface area (Å²) in [6.45, 7) is 5.45. The Morgan fingerprint density at radius 2 is 2.31 bits per heavy atom. The average Bonchev–Trinajstić information content (AvgIpc) is 2.24. The maximum Gasteiger partial charge on any atom is 0.290 e. The number of aromatic nitrogens is 1. The average molecular weight is 225 g/mol. The third kappa shape index (κ3) is 3.47. The molecule has 0 unspecified atom stereocenters. The Morgan fingerprint density at radius 3 is 2.88 bits per heavy atom. The van der Waals surface area contributed by atoms with Crippen LogP contribution in [0.5, 0.6) is 0 Å². The predicted molar refractivity (Wildman–Crippen MR) is 60.6 cm³/mol. The number of rotatable bonds is 6. The van der Waals surface area contributed by atoms with Crippen molar-refractivity contribution in [1.82, 2.24) is 4.98 Å². The van der Waals surface area contributed by atoms with Crippen LogP contribution in [0.2, 0.25) is 0 Å². The lowest BCUT2D eigenvalue weighted by Crippen LogP contribution is -2.10. The molecule has 1 aromatic heterocycles. The van der Waals surface area contributed by atoms with Gasteiger partial charge >= 0.3 is 0 Å². The van der Waals surface area contributed by atoms with Crippen molar-refractivity contribution >= 4 is 11.5 Å². The molecule has 88 valence electrons. The fraction of sp³-hybridized carbons (Fsp3) is 0.500. The molecule has 0 radical (unpaired) electrons. The van der Waals surface area contributed by atoms with E-state index in [2.05, 4.69) is 10.3 Å². The number of nitrogens with zero attached hydrogens (tertiary/aromatic N) is 2. The normalized spacial score (nSPS) is 10.1. The van der Waals surface area contributed by atoms with Gasteiger partial charge in [0.1, 0.15) is 11.5 Å². The summed E-state index contributed by atoms with van der Waals surface area (Å²) in [4.78, 5) is 14.2. The van der Waals surface area contributed by atoms with E-state index in [1.807, 2.05) is 6.92 Å². The molecule has 0 fully saturated rings. The molecular formula is C10H15N3O3. The molecule has 0 aliphatic rings. The van der Waals surface area contributed by atoms with Crippen molar-refractivity contribution < 1.29 is 9.66 Å². The molecule has 1 aromatic rings. The Kier molecular flexibility index (Phi) is 4.65. The first-order chi connectivity index (χ1) is 7.65. The number of hydrogen-bond donors (Lipinski definition) is 1. The van der Waals surface area contributed by atoms with Crippen molar-refractivity contribution in [1.29, 1.82) is 0 Å². The lowest BCUT2D eigenvalue weighted by Gasteiger charge is -2.06. The van der Waals surface area contributed by atoms with Crippen molar-refractivity contribution in [2.24, 2.45) is 0 Å². The molecule has 6 heteroatoms. The molecule has 1 heterocycles. The molecule has 1 rings (SSSR count). The molecule has 6 nitrogen and oxygen atoms in total. The quantitative estimate of drug-likeness (QED) is 0.453. The molecule has 0 spiro atoms. The van der Waals surface area contributed by atoms with E-state index >= 15 is 0 Å². The Hall–Kier alpha value is -1.69. The van der Waals surface area contributed by atoms with E-state index in [-0.39, 0.29) is 5.69 Å². The van der Waals surface area contributed by atoms with E-state index in [0.29, 0.717) is 31.3 Å². The van der Waals surface area contributed by atoms with Crippen LogP contribution in [0.4, 0.5) is 11.5 Å². The van der Waals surface area contributed by atoms with Crippen LogP contribution >= 0.6 is 0 Å². The van der Waals surface area contributed by atoms with Gasteiger partial charge in [0.05, 0.1) is 11.5 Å². The third-order valence-corrected chi connectivity index (χ3v) is 2.01. The van der Waals surface area contributed by atoms with Crippen molar-refractivity contribution in [3.8, 4) is 0 Å². The highest BCUT2D eigenvalue weighted by atomic mass is 16.6. The number of anilines is 1. The summed E-state index contributed by atoms with van der Waals surface area (Å²) >= 11 is 0. The van der Waals surface area contributed by atoms with Crippen LogP contribution in [0, 0.1) is 17.0 Å². The number of nitro groups is 1. The van der Waals surface area contributed by atoms with Gasteiger partial charge < -0.3 is 10.1 Å². The van der Waals surface area contributed by atoms with Gasteiger partial charge in [0.15, 0.2) is 0 Å². The van der Waals surface area contributed by atoms with Crippen molar-refractivity contribution in [3.05, 3.63) is 27.9 Å². The van der Waals surface area contributed by atoms with Gasteiger partial charge in [0.2, 0.25) is 0 Å². The largest absolute Gasteiger partial charge is 0.380 e. The van der Waals surface area contributed by atoms with E-state index in [9.17, 15) is 10.1 Å². The van der Waals surface area contributed by atoms with Crippen molar-refractivity contribution in [3.63, 3.8) is 0 Å². The van der Waals surface area contributed by atoms with Gasteiger partial charge in [-0.1, -0.05) is 0 Å². The van der Waals surface area contributed by atoms with E-state index in [1.54, 1.807) is 13.0 Å². The monoisotopic (exact) mass is 225 g/mol. The first kappa shape index (κ1) is 12.4. The van der Waals surface area contributed by atoms with E-state index in [4.69, 9.17) is 4.74 Å². The Labute approximate surface area is 93.8 Å². The van der Waals surface area contributed by atoms with Crippen molar-refractivity contribution in [2.75, 3.05) is 25.1 Å².